The number of carbonyl (C=O) groups is 3. The fourth-order valence-corrected chi connectivity index (χ4v) is 3.36. The number of carboxylic acid groups (broad SMARTS) is 1. The quantitative estimate of drug-likeness (QED) is 0.857. The van der Waals surface area contributed by atoms with Crippen molar-refractivity contribution in [3.8, 4) is 0 Å². The molecule has 1 saturated heterocycles. The van der Waals surface area contributed by atoms with Crippen LogP contribution in [-0.2, 0) is 9.59 Å². The predicted octanol–water partition coefficient (Wildman–Crippen LogP) is 1.52. The molecule has 1 aromatic rings. The van der Waals surface area contributed by atoms with Gasteiger partial charge in [0.1, 0.15) is 0 Å². The number of nitrogens with one attached hydrogen (secondary N) is 1. The number of benzene rings is 1. The highest BCUT2D eigenvalue weighted by Gasteiger charge is 2.50. The van der Waals surface area contributed by atoms with E-state index < -0.39 is 11.9 Å². The van der Waals surface area contributed by atoms with Crippen LogP contribution in [0.25, 0.3) is 0 Å². The average molecular weight is 330 g/mol. The molecule has 6 heteroatoms. The number of nitrogens with zero attached hydrogens (tertiary/aromatic N) is 1. The molecular weight excluding hydrogens is 308 g/mol. The Balaban J connectivity index is 1.58. The maximum absolute atomic E-state index is 12.6. The lowest BCUT2D eigenvalue weighted by Gasteiger charge is -2.36. The molecule has 0 radical (unpaired) electrons. The Bertz CT molecular complexity index is 631. The van der Waals surface area contributed by atoms with Gasteiger partial charge in [-0.05, 0) is 37.8 Å². The van der Waals surface area contributed by atoms with E-state index in [1.807, 2.05) is 18.2 Å². The fourth-order valence-electron chi connectivity index (χ4n) is 3.36. The van der Waals surface area contributed by atoms with Crippen LogP contribution < -0.4 is 5.32 Å². The van der Waals surface area contributed by atoms with Crippen LogP contribution in [0.3, 0.4) is 0 Å². The van der Waals surface area contributed by atoms with Gasteiger partial charge in [0.25, 0.3) is 5.91 Å². The normalized spacial score (nSPS) is 25.8. The Morgan fingerprint density at radius 3 is 2.54 bits per heavy atom. The first-order chi connectivity index (χ1) is 11.6. The Kier molecular flexibility index (Phi) is 4.83. The summed E-state index contributed by atoms with van der Waals surface area (Å²) < 4.78 is 0. The van der Waals surface area contributed by atoms with Gasteiger partial charge in [0, 0.05) is 24.7 Å². The SMILES string of the molecule is O=C(NC[C@@H]1CCCCN1C(=O)[C@H]1C[C@@H]1C(=O)O)c1ccccc1. The van der Waals surface area contributed by atoms with E-state index in [0.717, 1.165) is 19.3 Å². The third-order valence-electron chi connectivity index (χ3n) is 4.87. The number of likely N-dealkylation sites (tertiary alicyclic amines) is 1. The van der Waals surface area contributed by atoms with Crippen molar-refractivity contribution >= 4 is 17.8 Å². The van der Waals surface area contributed by atoms with Gasteiger partial charge in [-0.15, -0.1) is 0 Å². The second kappa shape index (κ2) is 7.03. The van der Waals surface area contributed by atoms with Gasteiger partial charge in [0.05, 0.1) is 11.8 Å². The molecule has 2 amide bonds. The highest BCUT2D eigenvalue weighted by atomic mass is 16.4. The maximum atomic E-state index is 12.6. The van der Waals surface area contributed by atoms with Crippen molar-refractivity contribution in [1.82, 2.24) is 10.2 Å². The van der Waals surface area contributed by atoms with Gasteiger partial charge >= 0.3 is 5.97 Å². The fraction of sp³-hybridized carbons (Fsp3) is 0.500. The molecule has 0 spiro atoms. The van der Waals surface area contributed by atoms with Gasteiger partial charge in [-0.1, -0.05) is 18.2 Å². The zero-order valence-electron chi connectivity index (χ0n) is 13.5. The summed E-state index contributed by atoms with van der Waals surface area (Å²) in [6.45, 7) is 1.05. The standard InChI is InChI=1S/C18H22N2O4/c21-16(12-6-2-1-3-7-12)19-11-13-8-4-5-9-20(13)17(22)14-10-15(14)18(23)24/h1-3,6-7,13-15H,4-5,8-11H2,(H,19,21)(H,23,24)/t13-,14-,15-/m0/s1. The number of amides is 2. The monoisotopic (exact) mass is 330 g/mol. The van der Waals surface area contributed by atoms with E-state index in [0.29, 0.717) is 25.1 Å². The van der Waals surface area contributed by atoms with E-state index >= 15 is 0 Å². The molecule has 2 N–H and O–H groups in total. The van der Waals surface area contributed by atoms with Crippen LogP contribution >= 0.6 is 0 Å². The molecule has 0 aromatic heterocycles. The molecule has 0 unspecified atom stereocenters. The molecule has 1 saturated carbocycles. The zero-order valence-corrected chi connectivity index (χ0v) is 13.5. The highest BCUT2D eigenvalue weighted by Crippen LogP contribution is 2.41. The topological polar surface area (TPSA) is 86.7 Å². The first-order valence-electron chi connectivity index (χ1n) is 8.44. The van der Waals surface area contributed by atoms with Crippen LogP contribution in [0.15, 0.2) is 30.3 Å². The molecule has 2 aliphatic rings. The summed E-state index contributed by atoms with van der Waals surface area (Å²) in [5, 5.41) is 11.9. The summed E-state index contributed by atoms with van der Waals surface area (Å²) in [6, 6.07) is 8.93. The third-order valence-corrected chi connectivity index (χ3v) is 4.87. The van der Waals surface area contributed by atoms with Gasteiger partial charge in [0.15, 0.2) is 0 Å². The third kappa shape index (κ3) is 3.58. The molecule has 1 aliphatic carbocycles. The number of hydrogen-bond donors (Lipinski definition) is 2. The van der Waals surface area contributed by atoms with E-state index in [9.17, 15) is 14.4 Å². The summed E-state index contributed by atoms with van der Waals surface area (Å²) in [5.41, 5.74) is 0.597. The summed E-state index contributed by atoms with van der Waals surface area (Å²) >= 11 is 0. The molecule has 3 atom stereocenters. The minimum absolute atomic E-state index is 0.0473. The first kappa shape index (κ1) is 16.5. The van der Waals surface area contributed by atoms with Crippen molar-refractivity contribution in [2.45, 2.75) is 31.7 Å². The second-order valence-corrected chi connectivity index (χ2v) is 6.54. The number of carboxylic acids is 1. The second-order valence-electron chi connectivity index (χ2n) is 6.54. The van der Waals surface area contributed by atoms with E-state index in [1.54, 1.807) is 17.0 Å². The lowest BCUT2D eigenvalue weighted by atomic mass is 10.0. The highest BCUT2D eigenvalue weighted by molar-refractivity contribution is 5.94. The molecule has 1 heterocycles. The Morgan fingerprint density at radius 1 is 1.12 bits per heavy atom. The first-order valence-corrected chi connectivity index (χ1v) is 8.44. The van der Waals surface area contributed by atoms with Crippen LogP contribution in [0.5, 0.6) is 0 Å². The Labute approximate surface area is 140 Å². The summed E-state index contributed by atoms with van der Waals surface area (Å²) in [6.07, 6.45) is 3.22. The smallest absolute Gasteiger partial charge is 0.307 e. The minimum Gasteiger partial charge on any atom is -0.481 e. The zero-order chi connectivity index (χ0) is 17.1. The molecule has 128 valence electrons. The number of piperidine rings is 1. The average Bonchev–Trinajstić information content (AvgIpc) is 3.41. The molecule has 0 bridgehead atoms. The molecule has 2 fully saturated rings. The summed E-state index contributed by atoms with van der Waals surface area (Å²) in [5.74, 6) is -2.02. The number of rotatable bonds is 5. The Hall–Kier alpha value is -2.37. The van der Waals surface area contributed by atoms with E-state index in [1.165, 1.54) is 0 Å². The van der Waals surface area contributed by atoms with Gasteiger partial charge in [0.2, 0.25) is 5.91 Å². The van der Waals surface area contributed by atoms with Crippen LogP contribution in [-0.4, -0.2) is 46.9 Å². The lowest BCUT2D eigenvalue weighted by molar-refractivity contribution is -0.143. The number of hydrogen-bond acceptors (Lipinski definition) is 3. The molecule has 6 nitrogen and oxygen atoms in total. The summed E-state index contributed by atoms with van der Waals surface area (Å²) in [7, 11) is 0. The summed E-state index contributed by atoms with van der Waals surface area (Å²) in [4.78, 5) is 37.5. The van der Waals surface area contributed by atoms with Crippen molar-refractivity contribution in [2.24, 2.45) is 11.8 Å². The van der Waals surface area contributed by atoms with Crippen molar-refractivity contribution in [2.75, 3.05) is 13.1 Å². The van der Waals surface area contributed by atoms with Crippen LogP contribution in [0.2, 0.25) is 0 Å². The van der Waals surface area contributed by atoms with Crippen LogP contribution in [0, 0.1) is 11.8 Å². The van der Waals surface area contributed by atoms with E-state index in [4.69, 9.17) is 5.11 Å². The molecule has 1 aromatic carbocycles. The van der Waals surface area contributed by atoms with Crippen molar-refractivity contribution in [3.05, 3.63) is 35.9 Å². The minimum atomic E-state index is -0.890. The molecule has 3 rings (SSSR count). The number of carbonyl (C=O) groups excluding carboxylic acids is 2. The van der Waals surface area contributed by atoms with Gasteiger partial charge in [-0.3, -0.25) is 14.4 Å². The molecule has 1 aliphatic heterocycles. The molecular formula is C18H22N2O4. The largest absolute Gasteiger partial charge is 0.481 e. The predicted molar refractivity (Wildman–Crippen MR) is 87.4 cm³/mol. The van der Waals surface area contributed by atoms with Crippen molar-refractivity contribution in [1.29, 1.82) is 0 Å². The van der Waals surface area contributed by atoms with Gasteiger partial charge < -0.3 is 15.3 Å². The lowest BCUT2D eigenvalue weighted by Crippen LogP contribution is -2.50. The maximum Gasteiger partial charge on any atom is 0.307 e. The van der Waals surface area contributed by atoms with Crippen molar-refractivity contribution in [3.63, 3.8) is 0 Å². The van der Waals surface area contributed by atoms with E-state index in [2.05, 4.69) is 5.32 Å². The van der Waals surface area contributed by atoms with Gasteiger partial charge in [-0.2, -0.15) is 0 Å². The van der Waals surface area contributed by atoms with Crippen LogP contribution in [0.1, 0.15) is 36.0 Å². The van der Waals surface area contributed by atoms with Crippen LogP contribution in [0.4, 0.5) is 0 Å². The Morgan fingerprint density at radius 2 is 1.88 bits per heavy atom. The molecule has 24 heavy (non-hydrogen) atoms. The van der Waals surface area contributed by atoms with E-state index in [-0.39, 0.29) is 23.8 Å². The van der Waals surface area contributed by atoms with Crippen molar-refractivity contribution < 1.29 is 19.5 Å². The number of aliphatic carboxylic acids is 1. The van der Waals surface area contributed by atoms with Gasteiger partial charge in [-0.25, -0.2) is 0 Å².